The van der Waals surface area contributed by atoms with Crippen molar-refractivity contribution in [1.82, 2.24) is 0 Å². The van der Waals surface area contributed by atoms with Crippen LogP contribution in [-0.2, 0) is 0 Å². The summed E-state index contributed by atoms with van der Waals surface area (Å²) in [7, 11) is 0. The molecule has 3 heteroatoms. The zero-order chi connectivity index (χ0) is 23.3. The molecule has 3 rings (SSSR count). The summed E-state index contributed by atoms with van der Waals surface area (Å²) in [4.78, 5) is 0. The topological polar surface area (TPSA) is 60.7 Å². The predicted molar refractivity (Wildman–Crippen MR) is 133 cm³/mol. The fraction of sp³-hybridized carbons (Fsp3) is 0.793. The smallest absolute Gasteiger partial charge is 0.0809 e. The van der Waals surface area contributed by atoms with E-state index in [9.17, 15) is 15.3 Å². The minimum atomic E-state index is -0.615. The van der Waals surface area contributed by atoms with Gasteiger partial charge in [0.05, 0.1) is 12.2 Å². The molecule has 32 heavy (non-hydrogen) atoms. The Bertz CT molecular complexity index is 669. The third kappa shape index (κ3) is 5.59. The second kappa shape index (κ2) is 11.5. The fourth-order valence-corrected chi connectivity index (χ4v) is 7.39. The van der Waals surface area contributed by atoms with Crippen LogP contribution in [0.25, 0.3) is 0 Å². The Morgan fingerprint density at radius 1 is 1.09 bits per heavy atom. The lowest BCUT2D eigenvalue weighted by atomic mass is 9.59. The molecule has 3 aliphatic rings. The molecule has 3 aliphatic carbocycles. The minimum Gasteiger partial charge on any atom is -0.396 e. The lowest BCUT2D eigenvalue weighted by molar-refractivity contribution is 0.0650. The van der Waals surface area contributed by atoms with E-state index in [1.165, 1.54) is 57.8 Å². The molecule has 0 aliphatic heterocycles. The van der Waals surface area contributed by atoms with E-state index in [1.807, 2.05) is 0 Å². The van der Waals surface area contributed by atoms with Crippen LogP contribution >= 0.6 is 0 Å². The van der Waals surface area contributed by atoms with Gasteiger partial charge >= 0.3 is 0 Å². The third-order valence-electron chi connectivity index (χ3n) is 9.38. The van der Waals surface area contributed by atoms with Gasteiger partial charge in [-0.05, 0) is 92.4 Å². The highest BCUT2D eigenvalue weighted by molar-refractivity contribution is 5.29. The van der Waals surface area contributed by atoms with Gasteiger partial charge in [0.2, 0.25) is 0 Å². The van der Waals surface area contributed by atoms with Crippen molar-refractivity contribution in [3.05, 3.63) is 35.5 Å². The first-order chi connectivity index (χ1) is 15.3. The standard InChI is InChI=1S/C29H48O3/c1-5-6-9-23(11-8-17-30)20(2)25-14-15-26-24(10-7-16-29(25,26)4)13-12-22-18-27(31)21(3)28(32)19-22/h12-13,20,23,25-28,30-32H,3,5-11,14-19H2,1-2,4H3/b24-13+/t20-,23+,25-,26+,27-,28-,29-/m1/s1. The average Bonchev–Trinajstić information content (AvgIpc) is 3.13. The van der Waals surface area contributed by atoms with Crippen molar-refractivity contribution in [1.29, 1.82) is 0 Å². The van der Waals surface area contributed by atoms with E-state index in [4.69, 9.17) is 0 Å². The molecule has 3 saturated carbocycles. The Kier molecular flexibility index (Phi) is 9.23. The summed E-state index contributed by atoms with van der Waals surface area (Å²) in [5.74, 6) is 2.89. The maximum absolute atomic E-state index is 10.2. The summed E-state index contributed by atoms with van der Waals surface area (Å²) >= 11 is 0. The maximum atomic E-state index is 10.2. The van der Waals surface area contributed by atoms with Crippen LogP contribution in [0.2, 0.25) is 0 Å². The molecule has 0 aromatic heterocycles. The molecule has 0 aromatic rings. The molecule has 0 aromatic carbocycles. The molecule has 0 saturated heterocycles. The lowest BCUT2D eigenvalue weighted by Crippen LogP contribution is -2.38. The van der Waals surface area contributed by atoms with Crippen molar-refractivity contribution in [2.75, 3.05) is 6.61 Å². The molecule has 0 radical (unpaired) electrons. The van der Waals surface area contributed by atoms with E-state index < -0.39 is 12.2 Å². The number of hydrogen-bond acceptors (Lipinski definition) is 3. The summed E-state index contributed by atoms with van der Waals surface area (Å²) in [6.45, 7) is 11.5. The van der Waals surface area contributed by atoms with Crippen molar-refractivity contribution in [3.8, 4) is 0 Å². The molecule has 3 nitrogen and oxygen atoms in total. The van der Waals surface area contributed by atoms with Gasteiger partial charge in [0.1, 0.15) is 0 Å². The minimum absolute atomic E-state index is 0.318. The first-order valence-corrected chi connectivity index (χ1v) is 13.4. The SMILES string of the molecule is C=C1[C@H](O)CC(=C/C=C2\CCC[C@]3(C)[C@@H]([C@H](C)[C@@H](CCCC)CCCO)CC[C@@H]23)C[C@H]1O. The van der Waals surface area contributed by atoms with Crippen LogP contribution in [0.15, 0.2) is 35.5 Å². The van der Waals surface area contributed by atoms with Crippen LogP contribution in [0.4, 0.5) is 0 Å². The third-order valence-corrected chi connectivity index (χ3v) is 9.38. The van der Waals surface area contributed by atoms with Gasteiger partial charge in [0.25, 0.3) is 0 Å². The van der Waals surface area contributed by atoms with Gasteiger partial charge in [-0.25, -0.2) is 0 Å². The van der Waals surface area contributed by atoms with Gasteiger partial charge in [0.15, 0.2) is 0 Å². The zero-order valence-corrected chi connectivity index (χ0v) is 20.9. The molecule has 182 valence electrons. The van der Waals surface area contributed by atoms with Crippen molar-refractivity contribution in [2.45, 2.75) is 110 Å². The van der Waals surface area contributed by atoms with Gasteiger partial charge < -0.3 is 15.3 Å². The molecule has 0 bridgehead atoms. The summed E-state index contributed by atoms with van der Waals surface area (Å²) in [6.07, 6.45) is 16.9. The second-order valence-electron chi connectivity index (χ2n) is 11.3. The first-order valence-electron chi connectivity index (χ1n) is 13.4. The number of hydrogen-bond donors (Lipinski definition) is 3. The molecule has 3 N–H and O–H groups in total. The molecular formula is C29H48O3. The zero-order valence-electron chi connectivity index (χ0n) is 20.9. The predicted octanol–water partition coefficient (Wildman–Crippen LogP) is 6.34. The molecule has 0 amide bonds. The Morgan fingerprint density at radius 3 is 2.44 bits per heavy atom. The Hall–Kier alpha value is -0.900. The van der Waals surface area contributed by atoms with Crippen LogP contribution in [0.5, 0.6) is 0 Å². The summed E-state index contributed by atoms with van der Waals surface area (Å²) < 4.78 is 0. The lowest BCUT2D eigenvalue weighted by Gasteiger charge is -2.46. The molecule has 7 atom stereocenters. The Labute approximate surface area is 196 Å². The van der Waals surface area contributed by atoms with Gasteiger partial charge in [-0.3, -0.25) is 0 Å². The summed E-state index contributed by atoms with van der Waals surface area (Å²) in [5.41, 5.74) is 3.68. The normalized spacial score (nSPS) is 36.2. The van der Waals surface area contributed by atoms with E-state index in [-0.39, 0.29) is 0 Å². The van der Waals surface area contributed by atoms with Crippen molar-refractivity contribution in [2.24, 2.45) is 29.1 Å². The molecule has 0 spiro atoms. The number of rotatable bonds is 9. The number of fused-ring (bicyclic) bond motifs is 1. The van der Waals surface area contributed by atoms with Crippen molar-refractivity contribution >= 4 is 0 Å². The van der Waals surface area contributed by atoms with Crippen LogP contribution in [0.1, 0.15) is 97.8 Å². The number of unbranched alkanes of at least 4 members (excludes halogenated alkanes) is 1. The molecule has 3 fully saturated rings. The second-order valence-corrected chi connectivity index (χ2v) is 11.3. The van der Waals surface area contributed by atoms with E-state index in [1.54, 1.807) is 5.57 Å². The maximum Gasteiger partial charge on any atom is 0.0809 e. The van der Waals surface area contributed by atoms with E-state index in [2.05, 4.69) is 39.5 Å². The van der Waals surface area contributed by atoms with E-state index >= 15 is 0 Å². The fourth-order valence-electron chi connectivity index (χ4n) is 7.39. The largest absolute Gasteiger partial charge is 0.396 e. The van der Waals surface area contributed by atoms with Gasteiger partial charge in [-0.1, -0.05) is 69.9 Å². The monoisotopic (exact) mass is 444 g/mol. The highest BCUT2D eigenvalue weighted by atomic mass is 16.3. The first kappa shape index (κ1) is 25.7. The number of allylic oxidation sites excluding steroid dienone is 3. The van der Waals surface area contributed by atoms with Crippen molar-refractivity contribution in [3.63, 3.8) is 0 Å². The average molecular weight is 445 g/mol. The highest BCUT2D eigenvalue weighted by Crippen LogP contribution is 2.60. The summed E-state index contributed by atoms with van der Waals surface area (Å²) in [5, 5.41) is 29.8. The van der Waals surface area contributed by atoms with Gasteiger partial charge in [0, 0.05) is 6.61 Å². The Morgan fingerprint density at radius 2 is 1.78 bits per heavy atom. The molecule has 0 heterocycles. The van der Waals surface area contributed by atoms with Crippen molar-refractivity contribution < 1.29 is 15.3 Å². The van der Waals surface area contributed by atoms with Gasteiger partial charge in [-0.2, -0.15) is 0 Å². The van der Waals surface area contributed by atoms with Crippen LogP contribution in [0.3, 0.4) is 0 Å². The van der Waals surface area contributed by atoms with Crippen LogP contribution < -0.4 is 0 Å². The summed E-state index contributed by atoms with van der Waals surface area (Å²) in [6, 6.07) is 0. The van der Waals surface area contributed by atoms with E-state index in [0.29, 0.717) is 36.4 Å². The highest BCUT2D eigenvalue weighted by Gasteiger charge is 2.51. The number of aliphatic hydroxyl groups is 3. The quantitative estimate of drug-likeness (QED) is 0.364. The Balaban J connectivity index is 1.74. The van der Waals surface area contributed by atoms with Gasteiger partial charge in [-0.15, -0.1) is 0 Å². The molecular weight excluding hydrogens is 396 g/mol. The van der Waals surface area contributed by atoms with Crippen LogP contribution in [0, 0.1) is 29.1 Å². The number of aliphatic hydroxyl groups excluding tert-OH is 3. The molecule has 0 unspecified atom stereocenters. The van der Waals surface area contributed by atoms with E-state index in [0.717, 1.165) is 29.7 Å². The van der Waals surface area contributed by atoms with Crippen LogP contribution in [-0.4, -0.2) is 34.1 Å².